The molecule has 0 amide bonds. The predicted molar refractivity (Wildman–Crippen MR) is 76.3 cm³/mol. The molecule has 2 rings (SSSR count). The number of nitrogens with two attached hydrogens (primary N) is 1. The molecule has 19 heavy (non-hydrogen) atoms. The van der Waals surface area contributed by atoms with Crippen LogP contribution in [0, 0.1) is 12.3 Å². The van der Waals surface area contributed by atoms with Crippen LogP contribution in [0.4, 0.5) is 5.69 Å². The molecule has 5 heteroatoms. The van der Waals surface area contributed by atoms with Gasteiger partial charge in [-0.3, -0.25) is 15.4 Å². The lowest BCUT2D eigenvalue weighted by Crippen LogP contribution is -2.19. The maximum atomic E-state index is 7.41. The summed E-state index contributed by atoms with van der Waals surface area (Å²) in [5.74, 6) is -0.0241. The van der Waals surface area contributed by atoms with E-state index in [-0.39, 0.29) is 5.84 Å². The van der Waals surface area contributed by atoms with E-state index < -0.39 is 0 Å². The highest BCUT2D eigenvalue weighted by atomic mass is 15.1. The summed E-state index contributed by atoms with van der Waals surface area (Å²) in [6.45, 7) is 2.67. The lowest BCUT2D eigenvalue weighted by atomic mass is 10.2. The summed E-state index contributed by atoms with van der Waals surface area (Å²) in [4.78, 5) is 10.6. The summed E-state index contributed by atoms with van der Waals surface area (Å²) in [5.41, 5.74) is 8.90. The Labute approximate surface area is 112 Å². The number of aryl methyl sites for hydroxylation is 1. The number of hydrogen-bond donors (Lipinski definition) is 2. The zero-order valence-electron chi connectivity index (χ0n) is 11.1. The third-order valence-electron chi connectivity index (χ3n) is 2.81. The molecule has 2 aromatic rings. The Morgan fingerprint density at radius 2 is 2.16 bits per heavy atom. The van der Waals surface area contributed by atoms with Crippen LogP contribution in [0.15, 0.2) is 36.5 Å². The molecule has 0 aromatic carbocycles. The molecule has 0 atom stereocenters. The maximum Gasteiger partial charge on any atom is 0.141 e. The quantitative estimate of drug-likeness (QED) is 0.644. The minimum atomic E-state index is -0.0241. The van der Waals surface area contributed by atoms with E-state index in [4.69, 9.17) is 11.1 Å². The molecule has 2 heterocycles. The van der Waals surface area contributed by atoms with E-state index >= 15 is 0 Å². The van der Waals surface area contributed by atoms with Crippen LogP contribution in [0.3, 0.4) is 0 Å². The van der Waals surface area contributed by atoms with Crippen molar-refractivity contribution >= 4 is 11.5 Å². The highest BCUT2D eigenvalue weighted by Crippen LogP contribution is 2.15. The molecule has 0 aliphatic heterocycles. The van der Waals surface area contributed by atoms with Crippen LogP contribution < -0.4 is 10.6 Å². The van der Waals surface area contributed by atoms with Gasteiger partial charge < -0.3 is 10.6 Å². The number of nitrogen functional groups attached to an aromatic ring is 1. The van der Waals surface area contributed by atoms with Gasteiger partial charge >= 0.3 is 0 Å². The van der Waals surface area contributed by atoms with E-state index in [1.54, 1.807) is 12.3 Å². The fourth-order valence-electron chi connectivity index (χ4n) is 1.83. The fourth-order valence-corrected chi connectivity index (χ4v) is 1.83. The average molecular weight is 255 g/mol. The van der Waals surface area contributed by atoms with E-state index in [1.807, 2.05) is 38.2 Å². The molecule has 0 bridgehead atoms. The lowest BCUT2D eigenvalue weighted by molar-refractivity contribution is 0.875. The molecule has 98 valence electrons. The minimum absolute atomic E-state index is 0.0241. The Bertz CT molecular complexity index is 594. The van der Waals surface area contributed by atoms with Gasteiger partial charge in [-0.25, -0.2) is 0 Å². The van der Waals surface area contributed by atoms with E-state index in [9.17, 15) is 0 Å². The summed E-state index contributed by atoms with van der Waals surface area (Å²) < 4.78 is 0. The third kappa shape index (κ3) is 3.28. The van der Waals surface area contributed by atoms with Gasteiger partial charge in [0.15, 0.2) is 0 Å². The number of pyridine rings is 2. The number of amidine groups is 1. The number of nitrogens with one attached hydrogen (secondary N) is 1. The van der Waals surface area contributed by atoms with Crippen LogP contribution in [0.5, 0.6) is 0 Å². The fraction of sp³-hybridized carbons (Fsp3) is 0.214. The first-order valence-electron chi connectivity index (χ1n) is 6.00. The van der Waals surface area contributed by atoms with Crippen LogP contribution in [0.25, 0.3) is 0 Å². The molecule has 5 nitrogen and oxygen atoms in total. The van der Waals surface area contributed by atoms with Gasteiger partial charge in [0.1, 0.15) is 11.5 Å². The lowest BCUT2D eigenvalue weighted by Gasteiger charge is -2.19. The molecule has 0 spiro atoms. The Kier molecular flexibility index (Phi) is 3.75. The number of aromatic nitrogens is 2. The van der Waals surface area contributed by atoms with Gasteiger partial charge in [-0.2, -0.15) is 0 Å². The Balaban J connectivity index is 2.18. The molecular formula is C14H17N5. The first kappa shape index (κ1) is 13.0. The summed E-state index contributed by atoms with van der Waals surface area (Å²) in [5, 5.41) is 7.41. The Morgan fingerprint density at radius 3 is 2.84 bits per heavy atom. The van der Waals surface area contributed by atoms with Gasteiger partial charge in [0.25, 0.3) is 0 Å². The van der Waals surface area contributed by atoms with Crippen molar-refractivity contribution in [2.75, 3.05) is 11.9 Å². The number of nitrogens with zero attached hydrogens (tertiary/aromatic N) is 3. The molecular weight excluding hydrogens is 238 g/mol. The van der Waals surface area contributed by atoms with Crippen molar-refractivity contribution in [2.24, 2.45) is 5.73 Å². The van der Waals surface area contributed by atoms with Crippen molar-refractivity contribution in [3.8, 4) is 0 Å². The summed E-state index contributed by atoms with van der Waals surface area (Å²) >= 11 is 0. The summed E-state index contributed by atoms with van der Waals surface area (Å²) in [6.07, 6.45) is 1.66. The van der Waals surface area contributed by atoms with Gasteiger partial charge in [-0.1, -0.05) is 6.07 Å². The number of rotatable bonds is 4. The zero-order chi connectivity index (χ0) is 13.8. The largest absolute Gasteiger partial charge is 0.382 e. The Morgan fingerprint density at radius 1 is 1.37 bits per heavy atom. The van der Waals surface area contributed by atoms with Gasteiger partial charge in [0.05, 0.1) is 12.2 Å². The topological polar surface area (TPSA) is 78.9 Å². The van der Waals surface area contributed by atoms with Crippen LogP contribution in [0.2, 0.25) is 0 Å². The standard InChI is InChI=1S/C14H17N5/c1-10-4-3-5-11(18-10)9-19(2)12-6-7-17-13(8-12)14(15)16/h3-8H,9H2,1-2H3,(H3,15,16). The van der Waals surface area contributed by atoms with Crippen molar-refractivity contribution in [3.63, 3.8) is 0 Å². The summed E-state index contributed by atoms with van der Waals surface area (Å²) in [6, 6.07) is 9.67. The summed E-state index contributed by atoms with van der Waals surface area (Å²) in [7, 11) is 1.98. The zero-order valence-corrected chi connectivity index (χ0v) is 11.1. The molecule has 0 radical (unpaired) electrons. The normalized spacial score (nSPS) is 10.2. The second kappa shape index (κ2) is 5.48. The van der Waals surface area contributed by atoms with Gasteiger partial charge in [-0.15, -0.1) is 0 Å². The minimum Gasteiger partial charge on any atom is -0.382 e. The molecule has 0 unspecified atom stereocenters. The van der Waals surface area contributed by atoms with Crippen molar-refractivity contribution in [1.82, 2.24) is 9.97 Å². The molecule has 0 aliphatic rings. The van der Waals surface area contributed by atoms with Crippen LogP contribution in [-0.2, 0) is 6.54 Å². The highest BCUT2D eigenvalue weighted by Gasteiger charge is 2.06. The van der Waals surface area contributed by atoms with Crippen LogP contribution in [0.1, 0.15) is 17.1 Å². The molecule has 0 saturated heterocycles. The Hall–Kier alpha value is -2.43. The molecule has 2 aromatic heterocycles. The predicted octanol–water partition coefficient (Wildman–Crippen LogP) is 1.71. The number of hydrogen-bond acceptors (Lipinski definition) is 4. The second-order valence-electron chi connectivity index (χ2n) is 4.44. The first-order chi connectivity index (χ1) is 9.06. The van der Waals surface area contributed by atoms with Gasteiger partial charge in [-0.05, 0) is 31.2 Å². The van der Waals surface area contributed by atoms with E-state index in [0.717, 1.165) is 17.1 Å². The van der Waals surface area contributed by atoms with E-state index in [0.29, 0.717) is 12.2 Å². The molecule has 0 fully saturated rings. The highest BCUT2D eigenvalue weighted by molar-refractivity contribution is 5.93. The van der Waals surface area contributed by atoms with Crippen LogP contribution in [-0.4, -0.2) is 22.9 Å². The second-order valence-corrected chi connectivity index (χ2v) is 4.44. The number of anilines is 1. The molecule has 0 saturated carbocycles. The van der Waals surface area contributed by atoms with Crippen molar-refractivity contribution in [1.29, 1.82) is 5.41 Å². The van der Waals surface area contributed by atoms with Crippen molar-refractivity contribution in [2.45, 2.75) is 13.5 Å². The maximum absolute atomic E-state index is 7.41. The average Bonchev–Trinajstić information content (AvgIpc) is 2.39. The van der Waals surface area contributed by atoms with E-state index in [1.165, 1.54) is 0 Å². The van der Waals surface area contributed by atoms with Crippen molar-refractivity contribution in [3.05, 3.63) is 53.6 Å². The monoisotopic (exact) mass is 255 g/mol. The van der Waals surface area contributed by atoms with Gasteiger partial charge in [0, 0.05) is 24.6 Å². The SMILES string of the molecule is Cc1cccc(CN(C)c2ccnc(C(=N)N)c2)n1. The third-order valence-corrected chi connectivity index (χ3v) is 2.81. The van der Waals surface area contributed by atoms with Crippen molar-refractivity contribution < 1.29 is 0 Å². The smallest absolute Gasteiger partial charge is 0.141 e. The first-order valence-corrected chi connectivity index (χ1v) is 6.00. The molecule has 3 N–H and O–H groups in total. The van der Waals surface area contributed by atoms with Crippen LogP contribution >= 0.6 is 0 Å². The van der Waals surface area contributed by atoms with E-state index in [2.05, 4.69) is 14.9 Å². The molecule has 0 aliphatic carbocycles. The van der Waals surface area contributed by atoms with Gasteiger partial charge in [0.2, 0.25) is 0 Å².